The van der Waals surface area contributed by atoms with E-state index in [9.17, 15) is 14.4 Å². The second-order valence-corrected chi connectivity index (χ2v) is 5.09. The van der Waals surface area contributed by atoms with Gasteiger partial charge < -0.3 is 0 Å². The molecule has 1 aromatic carbocycles. The van der Waals surface area contributed by atoms with E-state index in [-0.39, 0.29) is 36.5 Å². The number of nitrogens with zero attached hydrogens (tertiary/aromatic N) is 1. The molecule has 1 aromatic rings. The molecule has 2 rings (SSSR count). The van der Waals surface area contributed by atoms with Gasteiger partial charge in [-0.15, -0.1) is 0 Å². The third-order valence-electron chi connectivity index (χ3n) is 3.23. The van der Waals surface area contributed by atoms with Crippen molar-refractivity contribution in [3.63, 3.8) is 0 Å². The van der Waals surface area contributed by atoms with Crippen molar-refractivity contribution >= 4 is 17.6 Å². The molecule has 0 bridgehead atoms. The molecule has 19 heavy (non-hydrogen) atoms. The van der Waals surface area contributed by atoms with E-state index < -0.39 is 0 Å². The Morgan fingerprint density at radius 3 is 2.32 bits per heavy atom. The van der Waals surface area contributed by atoms with Gasteiger partial charge >= 0.3 is 0 Å². The van der Waals surface area contributed by atoms with E-state index in [0.29, 0.717) is 12.8 Å². The zero-order valence-corrected chi connectivity index (χ0v) is 11.0. The number of hydrogen-bond donors (Lipinski definition) is 0. The highest BCUT2D eigenvalue weighted by Crippen LogP contribution is 2.18. The lowest BCUT2D eigenvalue weighted by molar-refractivity contribution is -0.152. The van der Waals surface area contributed by atoms with E-state index in [1.165, 1.54) is 0 Å². The monoisotopic (exact) mass is 259 g/mol. The number of piperidine rings is 1. The first-order chi connectivity index (χ1) is 9.06. The van der Waals surface area contributed by atoms with Crippen LogP contribution in [0.1, 0.15) is 25.3 Å². The number of benzene rings is 1. The maximum atomic E-state index is 11.9. The molecule has 0 atom stereocenters. The Morgan fingerprint density at radius 2 is 1.74 bits per heavy atom. The Labute approximate surface area is 112 Å². The number of amides is 2. The van der Waals surface area contributed by atoms with Crippen molar-refractivity contribution in [3.05, 3.63) is 35.9 Å². The summed E-state index contributed by atoms with van der Waals surface area (Å²) in [6.07, 6.45) is 0.960. The van der Waals surface area contributed by atoms with Gasteiger partial charge in [-0.1, -0.05) is 37.3 Å². The zero-order valence-electron chi connectivity index (χ0n) is 11.0. The van der Waals surface area contributed by atoms with Crippen LogP contribution in [0.15, 0.2) is 30.3 Å². The first-order valence-corrected chi connectivity index (χ1v) is 6.45. The van der Waals surface area contributed by atoms with E-state index in [1.807, 2.05) is 37.3 Å². The predicted octanol–water partition coefficient (Wildman–Crippen LogP) is 1.58. The van der Waals surface area contributed by atoms with Gasteiger partial charge in [-0.3, -0.25) is 19.3 Å². The van der Waals surface area contributed by atoms with E-state index in [1.54, 1.807) is 0 Å². The highest BCUT2D eigenvalue weighted by Gasteiger charge is 2.31. The molecule has 4 heteroatoms. The van der Waals surface area contributed by atoms with Crippen LogP contribution in [0.3, 0.4) is 0 Å². The molecular formula is C15H17NO3. The average molecular weight is 259 g/mol. The van der Waals surface area contributed by atoms with Crippen LogP contribution in [0.2, 0.25) is 0 Å². The first-order valence-electron chi connectivity index (χ1n) is 6.45. The lowest BCUT2D eigenvalue weighted by Gasteiger charge is -2.27. The Bertz CT molecular complexity index is 477. The molecule has 1 aliphatic rings. The molecule has 0 aromatic heterocycles. The van der Waals surface area contributed by atoms with Gasteiger partial charge in [0.15, 0.2) is 5.78 Å². The van der Waals surface area contributed by atoms with Gasteiger partial charge in [-0.05, 0) is 11.5 Å². The van der Waals surface area contributed by atoms with Crippen molar-refractivity contribution in [3.8, 4) is 0 Å². The molecule has 1 heterocycles. The summed E-state index contributed by atoms with van der Waals surface area (Å²) in [5.41, 5.74) is 0.901. The standard InChI is InChI=1S/C15H17NO3/c1-11-7-14(18)16(15(19)8-11)10-13(17)9-12-5-3-2-4-6-12/h2-6,11H,7-10H2,1H3. The van der Waals surface area contributed by atoms with Crippen molar-refractivity contribution in [1.29, 1.82) is 0 Å². The van der Waals surface area contributed by atoms with Gasteiger partial charge in [0.05, 0.1) is 6.54 Å². The number of imide groups is 1. The van der Waals surface area contributed by atoms with Gasteiger partial charge in [0, 0.05) is 19.3 Å². The van der Waals surface area contributed by atoms with Gasteiger partial charge in [-0.25, -0.2) is 0 Å². The number of ketones is 1. The number of carbonyl (C=O) groups excluding carboxylic acids is 3. The van der Waals surface area contributed by atoms with Crippen LogP contribution < -0.4 is 0 Å². The van der Waals surface area contributed by atoms with E-state index in [4.69, 9.17) is 0 Å². The molecule has 0 saturated carbocycles. The predicted molar refractivity (Wildman–Crippen MR) is 70.3 cm³/mol. The van der Waals surface area contributed by atoms with Crippen LogP contribution in [0.25, 0.3) is 0 Å². The first kappa shape index (κ1) is 13.5. The fraction of sp³-hybridized carbons (Fsp3) is 0.400. The zero-order chi connectivity index (χ0) is 13.8. The molecule has 0 aliphatic carbocycles. The Morgan fingerprint density at radius 1 is 1.16 bits per heavy atom. The molecule has 1 aliphatic heterocycles. The maximum Gasteiger partial charge on any atom is 0.229 e. The van der Waals surface area contributed by atoms with Crippen LogP contribution in [-0.4, -0.2) is 29.0 Å². The molecule has 0 spiro atoms. The largest absolute Gasteiger partial charge is 0.297 e. The number of rotatable bonds is 4. The van der Waals surface area contributed by atoms with Gasteiger partial charge in [0.1, 0.15) is 0 Å². The lowest BCUT2D eigenvalue weighted by Crippen LogP contribution is -2.45. The third kappa shape index (κ3) is 3.50. The van der Waals surface area contributed by atoms with Crippen molar-refractivity contribution in [2.24, 2.45) is 5.92 Å². The highest BCUT2D eigenvalue weighted by molar-refractivity contribution is 6.01. The smallest absolute Gasteiger partial charge is 0.229 e. The summed E-state index contributed by atoms with van der Waals surface area (Å²) in [4.78, 5) is 36.5. The molecule has 1 saturated heterocycles. The molecule has 1 fully saturated rings. The fourth-order valence-corrected chi connectivity index (χ4v) is 2.26. The van der Waals surface area contributed by atoms with Crippen molar-refractivity contribution < 1.29 is 14.4 Å². The average Bonchev–Trinajstić information content (AvgIpc) is 2.35. The van der Waals surface area contributed by atoms with Crippen LogP contribution in [-0.2, 0) is 20.8 Å². The Kier molecular flexibility index (Phi) is 4.10. The fourth-order valence-electron chi connectivity index (χ4n) is 2.26. The number of Topliss-reactive ketones (excluding diaryl/α,β-unsaturated/α-hetero) is 1. The Hall–Kier alpha value is -1.97. The van der Waals surface area contributed by atoms with Crippen molar-refractivity contribution in [2.75, 3.05) is 6.54 Å². The van der Waals surface area contributed by atoms with Gasteiger partial charge in [0.2, 0.25) is 11.8 Å². The van der Waals surface area contributed by atoms with Gasteiger partial charge in [0.25, 0.3) is 0 Å². The van der Waals surface area contributed by atoms with Crippen LogP contribution in [0.4, 0.5) is 0 Å². The topological polar surface area (TPSA) is 54.5 Å². The number of carbonyl (C=O) groups is 3. The summed E-state index contributed by atoms with van der Waals surface area (Å²) in [6, 6.07) is 9.33. The van der Waals surface area contributed by atoms with E-state index in [2.05, 4.69) is 0 Å². The lowest BCUT2D eigenvalue weighted by atomic mass is 9.97. The summed E-state index contributed by atoms with van der Waals surface area (Å²) < 4.78 is 0. The minimum absolute atomic E-state index is 0.0838. The van der Waals surface area contributed by atoms with E-state index >= 15 is 0 Å². The number of likely N-dealkylation sites (tertiary alicyclic amines) is 1. The molecular weight excluding hydrogens is 242 g/mol. The molecule has 4 nitrogen and oxygen atoms in total. The third-order valence-corrected chi connectivity index (χ3v) is 3.23. The second kappa shape index (κ2) is 5.78. The van der Waals surface area contributed by atoms with Crippen LogP contribution >= 0.6 is 0 Å². The van der Waals surface area contributed by atoms with Crippen molar-refractivity contribution in [1.82, 2.24) is 4.90 Å². The normalized spacial score (nSPS) is 16.8. The summed E-state index contributed by atoms with van der Waals surface area (Å²) >= 11 is 0. The summed E-state index contributed by atoms with van der Waals surface area (Å²) in [5, 5.41) is 0. The Balaban J connectivity index is 1.95. The van der Waals surface area contributed by atoms with E-state index in [0.717, 1.165) is 10.5 Å². The SMILES string of the molecule is CC1CC(=O)N(CC(=O)Cc2ccccc2)C(=O)C1. The minimum atomic E-state index is -0.231. The second-order valence-electron chi connectivity index (χ2n) is 5.09. The highest BCUT2D eigenvalue weighted by atomic mass is 16.2. The minimum Gasteiger partial charge on any atom is -0.297 e. The van der Waals surface area contributed by atoms with Gasteiger partial charge in [-0.2, -0.15) is 0 Å². The number of hydrogen-bond acceptors (Lipinski definition) is 3. The molecule has 0 unspecified atom stereocenters. The maximum absolute atomic E-state index is 11.9. The summed E-state index contributed by atoms with van der Waals surface area (Å²) in [5.74, 6) is -0.488. The molecule has 0 radical (unpaired) electrons. The quantitative estimate of drug-likeness (QED) is 0.771. The summed E-state index contributed by atoms with van der Waals surface area (Å²) in [6.45, 7) is 1.78. The molecule has 100 valence electrons. The van der Waals surface area contributed by atoms with Crippen LogP contribution in [0, 0.1) is 5.92 Å². The molecule has 2 amide bonds. The van der Waals surface area contributed by atoms with Crippen LogP contribution in [0.5, 0.6) is 0 Å². The summed E-state index contributed by atoms with van der Waals surface area (Å²) in [7, 11) is 0. The molecule has 0 N–H and O–H groups in total. The van der Waals surface area contributed by atoms with Crippen molar-refractivity contribution in [2.45, 2.75) is 26.2 Å².